The first-order valence-electron chi connectivity index (χ1n) is 6.24. The van der Waals surface area contributed by atoms with Gasteiger partial charge in [-0.1, -0.05) is 0 Å². The molecule has 5 heteroatoms. The van der Waals surface area contributed by atoms with Crippen molar-refractivity contribution in [3.8, 4) is 0 Å². The summed E-state index contributed by atoms with van der Waals surface area (Å²) in [7, 11) is 0. The number of aryl methyl sites for hydroxylation is 1. The van der Waals surface area contributed by atoms with E-state index in [4.69, 9.17) is 4.42 Å². The molecule has 0 aliphatic carbocycles. The van der Waals surface area contributed by atoms with Gasteiger partial charge in [0.1, 0.15) is 5.76 Å². The number of hydrogen-bond acceptors (Lipinski definition) is 4. The van der Waals surface area contributed by atoms with E-state index >= 15 is 0 Å². The molecule has 0 bridgehead atoms. The van der Waals surface area contributed by atoms with Gasteiger partial charge >= 0.3 is 0 Å². The van der Waals surface area contributed by atoms with Gasteiger partial charge in [-0.15, -0.1) is 0 Å². The average Bonchev–Trinajstić information content (AvgIpc) is 2.94. The molecule has 0 aliphatic heterocycles. The van der Waals surface area contributed by atoms with Crippen molar-refractivity contribution in [3.63, 3.8) is 0 Å². The molecule has 2 heterocycles. The topological polar surface area (TPSA) is 55.9 Å². The Hall–Kier alpha value is -1.62. The van der Waals surface area contributed by atoms with Crippen LogP contribution in [0.3, 0.4) is 0 Å². The van der Waals surface area contributed by atoms with Crippen LogP contribution >= 0.6 is 0 Å². The molecular weight excluding hydrogens is 228 g/mol. The minimum atomic E-state index is 0.0919. The van der Waals surface area contributed by atoms with E-state index in [0.717, 1.165) is 18.2 Å². The summed E-state index contributed by atoms with van der Waals surface area (Å²) in [6.45, 7) is 8.98. The molecule has 18 heavy (non-hydrogen) atoms. The van der Waals surface area contributed by atoms with Gasteiger partial charge in [-0.2, -0.15) is 0 Å². The third-order valence-corrected chi connectivity index (χ3v) is 2.90. The van der Waals surface area contributed by atoms with Crippen LogP contribution in [-0.2, 0) is 6.54 Å². The Balaban J connectivity index is 1.97. The lowest BCUT2D eigenvalue weighted by Crippen LogP contribution is -2.20. The maximum atomic E-state index is 5.50. The average molecular weight is 248 g/mol. The quantitative estimate of drug-likeness (QED) is 0.883. The first-order chi connectivity index (χ1) is 8.58. The maximum absolute atomic E-state index is 5.50. The Labute approximate surface area is 107 Å². The lowest BCUT2D eigenvalue weighted by Gasteiger charge is -2.14. The second-order valence-corrected chi connectivity index (χ2v) is 4.80. The lowest BCUT2D eigenvalue weighted by atomic mass is 10.3. The summed E-state index contributed by atoms with van der Waals surface area (Å²) in [5.41, 5.74) is 1.17. The first kappa shape index (κ1) is 12.8. The van der Waals surface area contributed by atoms with Crippen molar-refractivity contribution >= 4 is 0 Å². The van der Waals surface area contributed by atoms with Crippen molar-refractivity contribution in [1.82, 2.24) is 19.9 Å². The summed E-state index contributed by atoms with van der Waals surface area (Å²) in [4.78, 5) is 8.40. The molecule has 0 fully saturated rings. The van der Waals surface area contributed by atoms with E-state index in [-0.39, 0.29) is 6.04 Å². The highest BCUT2D eigenvalue weighted by atomic mass is 16.4. The highest BCUT2D eigenvalue weighted by Gasteiger charge is 2.12. The van der Waals surface area contributed by atoms with E-state index in [2.05, 4.69) is 33.7 Å². The van der Waals surface area contributed by atoms with Gasteiger partial charge in [0.25, 0.3) is 0 Å². The Morgan fingerprint density at radius 1 is 1.33 bits per heavy atom. The van der Waals surface area contributed by atoms with Gasteiger partial charge in [0, 0.05) is 18.8 Å². The van der Waals surface area contributed by atoms with Crippen LogP contribution < -0.4 is 5.32 Å². The number of rotatable bonds is 5. The second kappa shape index (κ2) is 5.35. The van der Waals surface area contributed by atoms with E-state index in [0.29, 0.717) is 6.04 Å². The van der Waals surface area contributed by atoms with Crippen molar-refractivity contribution < 1.29 is 4.42 Å². The molecule has 2 aromatic rings. The Bertz CT molecular complexity index is 501. The number of aromatic nitrogens is 3. The molecule has 0 radical (unpaired) electrons. The molecule has 1 N–H and O–H groups in total. The van der Waals surface area contributed by atoms with Gasteiger partial charge in [0.15, 0.2) is 0 Å². The molecule has 1 unspecified atom stereocenters. The van der Waals surface area contributed by atoms with Gasteiger partial charge in [-0.3, -0.25) is 0 Å². The van der Waals surface area contributed by atoms with Crippen molar-refractivity contribution in [3.05, 3.63) is 36.1 Å². The minimum Gasteiger partial charge on any atom is -0.444 e. The largest absolute Gasteiger partial charge is 0.444 e. The van der Waals surface area contributed by atoms with Gasteiger partial charge in [-0.25, -0.2) is 9.97 Å². The maximum Gasteiger partial charge on any atom is 0.211 e. The number of imidazole rings is 1. The smallest absolute Gasteiger partial charge is 0.211 e. The third kappa shape index (κ3) is 2.79. The number of hydrogen-bond donors (Lipinski definition) is 1. The monoisotopic (exact) mass is 248 g/mol. The first-order valence-corrected chi connectivity index (χ1v) is 6.24. The molecule has 0 spiro atoms. The van der Waals surface area contributed by atoms with E-state index < -0.39 is 0 Å². The second-order valence-electron chi connectivity index (χ2n) is 4.80. The van der Waals surface area contributed by atoms with Crippen molar-refractivity contribution in [1.29, 1.82) is 0 Å². The van der Waals surface area contributed by atoms with Crippen LogP contribution in [0.25, 0.3) is 0 Å². The Morgan fingerprint density at radius 2 is 2.11 bits per heavy atom. The van der Waals surface area contributed by atoms with Crippen molar-refractivity contribution in [2.75, 3.05) is 0 Å². The molecular formula is C13H20N4O. The Morgan fingerprint density at radius 3 is 2.72 bits per heavy atom. The zero-order chi connectivity index (χ0) is 13.1. The summed E-state index contributed by atoms with van der Waals surface area (Å²) in [6, 6.07) is 0.512. The normalized spacial score (nSPS) is 13.2. The minimum absolute atomic E-state index is 0.0919. The Kier molecular flexibility index (Phi) is 3.81. The molecule has 0 saturated heterocycles. The molecule has 0 amide bonds. The van der Waals surface area contributed by atoms with Gasteiger partial charge in [0.05, 0.1) is 24.3 Å². The zero-order valence-electron chi connectivity index (χ0n) is 11.3. The van der Waals surface area contributed by atoms with Crippen LogP contribution in [0.1, 0.15) is 50.2 Å². The lowest BCUT2D eigenvalue weighted by molar-refractivity contribution is 0.397. The summed E-state index contributed by atoms with van der Waals surface area (Å²) < 4.78 is 7.65. The summed E-state index contributed by atoms with van der Waals surface area (Å²) in [6.07, 6.45) is 5.49. The predicted molar refractivity (Wildman–Crippen MR) is 69.1 cm³/mol. The summed E-state index contributed by atoms with van der Waals surface area (Å²) in [5, 5.41) is 3.39. The van der Waals surface area contributed by atoms with Gasteiger partial charge in [-0.05, 0) is 27.7 Å². The molecule has 1 atom stereocenters. The van der Waals surface area contributed by atoms with Crippen molar-refractivity contribution in [2.45, 2.75) is 46.3 Å². The SMILES string of the molecule is Cc1cnc(C(C)NCc2cncn2C(C)C)o1. The standard InChI is InChI=1S/C13H20N4O/c1-9(2)17-8-14-6-12(17)7-15-11(4)13-16-5-10(3)18-13/h5-6,8-9,11,15H,7H2,1-4H3. The predicted octanol–water partition coefficient (Wildman–Crippen LogP) is 2.61. The van der Waals surface area contributed by atoms with Gasteiger partial charge < -0.3 is 14.3 Å². The van der Waals surface area contributed by atoms with Crippen LogP contribution in [0.15, 0.2) is 23.1 Å². The molecule has 0 aromatic carbocycles. The fraction of sp³-hybridized carbons (Fsp3) is 0.538. The van der Waals surface area contributed by atoms with Crippen LogP contribution in [0.5, 0.6) is 0 Å². The molecule has 0 aliphatic rings. The highest BCUT2D eigenvalue weighted by molar-refractivity contribution is 5.01. The van der Waals surface area contributed by atoms with E-state index in [1.165, 1.54) is 5.69 Å². The van der Waals surface area contributed by atoms with E-state index in [9.17, 15) is 0 Å². The van der Waals surface area contributed by atoms with Crippen molar-refractivity contribution in [2.24, 2.45) is 0 Å². The molecule has 2 aromatic heterocycles. The number of nitrogens with zero attached hydrogens (tertiary/aromatic N) is 3. The fourth-order valence-electron chi connectivity index (χ4n) is 1.85. The van der Waals surface area contributed by atoms with E-state index in [1.54, 1.807) is 6.20 Å². The van der Waals surface area contributed by atoms with Crippen LogP contribution in [0.2, 0.25) is 0 Å². The number of oxazole rings is 1. The zero-order valence-corrected chi connectivity index (χ0v) is 11.3. The summed E-state index contributed by atoms with van der Waals surface area (Å²) >= 11 is 0. The number of nitrogens with one attached hydrogen (secondary N) is 1. The molecule has 98 valence electrons. The third-order valence-electron chi connectivity index (χ3n) is 2.90. The van der Waals surface area contributed by atoms with E-state index in [1.807, 2.05) is 26.4 Å². The van der Waals surface area contributed by atoms with Gasteiger partial charge in [0.2, 0.25) is 5.89 Å². The molecule has 0 saturated carbocycles. The molecule has 5 nitrogen and oxygen atoms in total. The van der Waals surface area contributed by atoms with Crippen LogP contribution in [0.4, 0.5) is 0 Å². The fourth-order valence-corrected chi connectivity index (χ4v) is 1.85. The van der Waals surface area contributed by atoms with Crippen LogP contribution in [-0.4, -0.2) is 14.5 Å². The van der Waals surface area contributed by atoms with Crippen LogP contribution in [0, 0.1) is 6.92 Å². The highest BCUT2D eigenvalue weighted by Crippen LogP contribution is 2.14. The summed E-state index contributed by atoms with van der Waals surface area (Å²) in [5.74, 6) is 1.56. The molecule has 2 rings (SSSR count).